The average Bonchev–Trinajstić information content (AvgIpc) is 3.25. The van der Waals surface area contributed by atoms with Gasteiger partial charge < -0.3 is 24.6 Å². The first-order valence-corrected chi connectivity index (χ1v) is 11.8. The molecule has 1 atom stereocenters. The Morgan fingerprint density at radius 2 is 1.80 bits per heavy atom. The summed E-state index contributed by atoms with van der Waals surface area (Å²) in [6.07, 6.45) is 0.676. The Bertz CT molecular complexity index is 1160. The number of ketones is 1. The minimum Gasteiger partial charge on any atom is -0.507 e. The molecule has 0 saturated carbocycles. The smallest absolute Gasteiger partial charge is 0.354 e. The molecule has 0 unspecified atom stereocenters. The van der Waals surface area contributed by atoms with Gasteiger partial charge in [0, 0.05) is 17.8 Å². The topological polar surface area (TPSA) is 103 Å². The van der Waals surface area contributed by atoms with Gasteiger partial charge in [-0.05, 0) is 63.5 Å². The van der Waals surface area contributed by atoms with Crippen molar-refractivity contribution in [3.05, 3.63) is 63.5 Å². The number of H-pyrrole nitrogens is 1. The van der Waals surface area contributed by atoms with E-state index in [4.69, 9.17) is 4.74 Å². The lowest BCUT2D eigenvalue weighted by atomic mass is 9.92. The third kappa shape index (κ3) is 5.03. The number of nitrogens with zero attached hydrogens (tertiary/aromatic N) is 2. The summed E-state index contributed by atoms with van der Waals surface area (Å²) in [6, 6.07) is 7.07. The number of Topliss-reactive ketones (excluding diaryl/α,β-unsaturated/α-hetero) is 1. The number of ether oxygens (including phenoxy) is 1. The first-order valence-electron chi connectivity index (χ1n) is 11.8. The van der Waals surface area contributed by atoms with Gasteiger partial charge in [0.1, 0.15) is 11.5 Å². The number of esters is 1. The van der Waals surface area contributed by atoms with Crippen LogP contribution in [0.15, 0.2) is 29.8 Å². The molecule has 1 amide bonds. The molecule has 188 valence electrons. The highest BCUT2D eigenvalue weighted by molar-refractivity contribution is 6.46. The van der Waals surface area contributed by atoms with E-state index in [0.29, 0.717) is 35.7 Å². The number of aryl methyl sites for hydroxylation is 1. The number of carbonyl (C=O) groups excluding carboxylic acids is 3. The summed E-state index contributed by atoms with van der Waals surface area (Å²) in [6.45, 7) is 8.69. The highest BCUT2D eigenvalue weighted by Gasteiger charge is 2.46. The van der Waals surface area contributed by atoms with Crippen LogP contribution in [-0.2, 0) is 14.3 Å². The van der Waals surface area contributed by atoms with Gasteiger partial charge in [-0.25, -0.2) is 4.79 Å². The average molecular weight is 482 g/mol. The summed E-state index contributed by atoms with van der Waals surface area (Å²) >= 11 is 0. The van der Waals surface area contributed by atoms with Gasteiger partial charge in [-0.3, -0.25) is 9.59 Å². The zero-order valence-corrected chi connectivity index (χ0v) is 21.6. The van der Waals surface area contributed by atoms with Crippen LogP contribution in [0, 0.1) is 13.8 Å². The largest absolute Gasteiger partial charge is 0.507 e. The van der Waals surface area contributed by atoms with Crippen molar-refractivity contribution in [1.29, 1.82) is 0 Å². The number of benzene rings is 1. The number of likely N-dealkylation sites (tertiary alicyclic amines) is 1. The lowest BCUT2D eigenvalue weighted by Crippen LogP contribution is -2.32. The minimum atomic E-state index is -0.732. The van der Waals surface area contributed by atoms with Crippen molar-refractivity contribution >= 4 is 23.4 Å². The van der Waals surface area contributed by atoms with Crippen molar-refractivity contribution in [2.24, 2.45) is 0 Å². The number of carbonyl (C=O) groups is 3. The first-order chi connectivity index (χ1) is 16.5. The second kappa shape index (κ2) is 10.5. The minimum absolute atomic E-state index is 0.0266. The van der Waals surface area contributed by atoms with Crippen molar-refractivity contribution in [3.63, 3.8) is 0 Å². The Hall–Kier alpha value is -3.39. The van der Waals surface area contributed by atoms with E-state index in [1.54, 1.807) is 18.7 Å². The van der Waals surface area contributed by atoms with Crippen LogP contribution in [0.4, 0.5) is 0 Å². The summed E-state index contributed by atoms with van der Waals surface area (Å²) < 4.78 is 4.83. The quantitative estimate of drug-likeness (QED) is 0.256. The van der Waals surface area contributed by atoms with E-state index < -0.39 is 23.7 Å². The molecule has 1 aliphatic heterocycles. The molecule has 0 radical (unpaired) electrons. The molecule has 8 nitrogen and oxygen atoms in total. The molecule has 1 fully saturated rings. The van der Waals surface area contributed by atoms with Gasteiger partial charge in [0.05, 0.1) is 18.7 Å². The highest BCUT2D eigenvalue weighted by Crippen LogP contribution is 2.41. The molecule has 35 heavy (non-hydrogen) atoms. The van der Waals surface area contributed by atoms with E-state index in [1.165, 1.54) is 7.11 Å². The van der Waals surface area contributed by atoms with Gasteiger partial charge in [-0.1, -0.05) is 38.1 Å². The monoisotopic (exact) mass is 481 g/mol. The maximum atomic E-state index is 13.3. The van der Waals surface area contributed by atoms with Crippen molar-refractivity contribution in [2.75, 3.05) is 34.3 Å². The van der Waals surface area contributed by atoms with E-state index in [1.807, 2.05) is 43.3 Å². The van der Waals surface area contributed by atoms with E-state index in [0.717, 1.165) is 17.7 Å². The second-order valence-electron chi connectivity index (χ2n) is 9.59. The number of methoxy groups -OCH3 is 1. The van der Waals surface area contributed by atoms with Crippen LogP contribution < -0.4 is 0 Å². The highest BCUT2D eigenvalue weighted by atomic mass is 16.5. The molecular weight excluding hydrogens is 446 g/mol. The fraction of sp³-hybridized carbons (Fsp3) is 0.444. The molecule has 2 N–H and O–H groups in total. The van der Waals surface area contributed by atoms with Crippen molar-refractivity contribution in [2.45, 2.75) is 46.1 Å². The van der Waals surface area contributed by atoms with Crippen LogP contribution in [0.3, 0.4) is 0 Å². The van der Waals surface area contributed by atoms with Crippen molar-refractivity contribution in [1.82, 2.24) is 14.8 Å². The number of aromatic amines is 1. The number of hydrogen-bond donors (Lipinski definition) is 2. The number of aliphatic hydroxyl groups excluding tert-OH is 1. The molecule has 1 aromatic heterocycles. The van der Waals surface area contributed by atoms with Crippen LogP contribution in [0.2, 0.25) is 0 Å². The van der Waals surface area contributed by atoms with Crippen LogP contribution >= 0.6 is 0 Å². The summed E-state index contributed by atoms with van der Waals surface area (Å²) in [4.78, 5) is 45.1. The van der Waals surface area contributed by atoms with Crippen LogP contribution in [0.25, 0.3) is 5.76 Å². The summed E-state index contributed by atoms with van der Waals surface area (Å²) in [7, 11) is 5.18. The molecule has 2 aromatic rings. The fourth-order valence-corrected chi connectivity index (χ4v) is 4.62. The van der Waals surface area contributed by atoms with Crippen LogP contribution in [0.5, 0.6) is 0 Å². The van der Waals surface area contributed by atoms with E-state index in [-0.39, 0.29) is 17.0 Å². The van der Waals surface area contributed by atoms with Crippen molar-refractivity contribution < 1.29 is 24.2 Å². The predicted octanol–water partition coefficient (Wildman–Crippen LogP) is 3.91. The Morgan fingerprint density at radius 3 is 2.34 bits per heavy atom. The molecule has 1 saturated heterocycles. The van der Waals surface area contributed by atoms with Gasteiger partial charge in [0.15, 0.2) is 0 Å². The maximum Gasteiger partial charge on any atom is 0.354 e. The van der Waals surface area contributed by atoms with Gasteiger partial charge in [0.2, 0.25) is 0 Å². The molecule has 8 heteroatoms. The zero-order chi connectivity index (χ0) is 26.0. The Morgan fingerprint density at radius 1 is 1.17 bits per heavy atom. The third-order valence-corrected chi connectivity index (χ3v) is 6.53. The number of aromatic nitrogens is 1. The Labute approximate surface area is 206 Å². The normalized spacial score (nSPS) is 17.6. The van der Waals surface area contributed by atoms with Crippen molar-refractivity contribution in [3.8, 4) is 0 Å². The third-order valence-electron chi connectivity index (χ3n) is 6.53. The number of rotatable bonds is 8. The van der Waals surface area contributed by atoms with Gasteiger partial charge >= 0.3 is 5.97 Å². The SMILES string of the molecule is COC(=O)c1[nH]c(C)c(/C(O)=C2\C(=O)C(=O)N(CCCN(C)C)[C@H]2c2ccc(C(C)C)cc2)c1C. The lowest BCUT2D eigenvalue weighted by molar-refractivity contribution is -0.139. The number of nitrogens with one attached hydrogen (secondary N) is 1. The molecule has 1 aromatic carbocycles. The molecule has 0 bridgehead atoms. The first kappa shape index (κ1) is 26.2. The lowest BCUT2D eigenvalue weighted by Gasteiger charge is -2.26. The fourth-order valence-electron chi connectivity index (χ4n) is 4.62. The molecule has 1 aliphatic rings. The number of amides is 1. The maximum absolute atomic E-state index is 13.3. The van der Waals surface area contributed by atoms with E-state index in [2.05, 4.69) is 18.8 Å². The summed E-state index contributed by atoms with van der Waals surface area (Å²) in [5.74, 6) is -1.91. The Balaban J connectivity index is 2.17. The van der Waals surface area contributed by atoms with Gasteiger partial charge in [-0.15, -0.1) is 0 Å². The number of hydrogen-bond acceptors (Lipinski definition) is 6. The van der Waals surface area contributed by atoms with Gasteiger partial charge in [0.25, 0.3) is 11.7 Å². The zero-order valence-electron chi connectivity index (χ0n) is 21.6. The van der Waals surface area contributed by atoms with Gasteiger partial charge in [-0.2, -0.15) is 0 Å². The molecule has 0 spiro atoms. The van der Waals surface area contributed by atoms with E-state index in [9.17, 15) is 19.5 Å². The van der Waals surface area contributed by atoms with E-state index >= 15 is 0 Å². The standard InChI is InChI=1S/C27H35N3O5/c1-15(2)18-9-11-19(12-10-18)23-21(25(32)26(33)30(23)14-8-13-29(5)6)24(31)20-16(3)22(27(34)35-7)28-17(20)4/h9-12,15,23,28,31H,8,13-14H2,1-7H3/b24-21+/t23-/m0/s1. The Kier molecular flexibility index (Phi) is 7.85. The summed E-state index contributed by atoms with van der Waals surface area (Å²) in [5, 5.41) is 11.4. The summed E-state index contributed by atoms with van der Waals surface area (Å²) in [5.41, 5.74) is 3.41. The predicted molar refractivity (Wildman–Crippen MR) is 134 cm³/mol. The molecular formula is C27H35N3O5. The molecule has 2 heterocycles. The second-order valence-corrected chi connectivity index (χ2v) is 9.59. The molecule has 0 aliphatic carbocycles. The molecule has 3 rings (SSSR count). The van der Waals surface area contributed by atoms with Crippen LogP contribution in [-0.4, -0.2) is 71.8 Å². The number of aliphatic hydroxyl groups is 1. The van der Waals surface area contributed by atoms with Crippen LogP contribution in [0.1, 0.15) is 70.7 Å².